The molecule has 2 aromatic carbocycles. The summed E-state index contributed by atoms with van der Waals surface area (Å²) in [4.78, 5) is 26.2. The van der Waals surface area contributed by atoms with Gasteiger partial charge in [0.05, 0.1) is 31.0 Å². The van der Waals surface area contributed by atoms with Gasteiger partial charge in [0.1, 0.15) is 18.0 Å². The number of anilines is 1. The molecule has 0 saturated carbocycles. The number of nitrogens with zero attached hydrogens (tertiary/aromatic N) is 1. The molecule has 2 rings (SSSR count). The van der Waals surface area contributed by atoms with E-state index in [2.05, 4.69) is 5.32 Å². The first kappa shape index (κ1) is 20.6. The van der Waals surface area contributed by atoms with E-state index in [1.165, 1.54) is 26.0 Å². The van der Waals surface area contributed by atoms with E-state index in [0.717, 1.165) is 5.56 Å². The van der Waals surface area contributed by atoms with Crippen LogP contribution in [0.25, 0.3) is 0 Å². The molecule has 0 saturated heterocycles. The molecule has 0 heterocycles. The molecule has 0 aliphatic heterocycles. The minimum atomic E-state index is -0.351. The van der Waals surface area contributed by atoms with Crippen molar-refractivity contribution in [2.75, 3.05) is 26.1 Å². The Kier molecular flexibility index (Phi) is 7.07. The zero-order valence-electron chi connectivity index (χ0n) is 15.8. The van der Waals surface area contributed by atoms with Crippen LogP contribution in [0.1, 0.15) is 25.5 Å². The van der Waals surface area contributed by atoms with Gasteiger partial charge < -0.3 is 19.7 Å². The molecule has 0 radical (unpaired) electrons. The molecule has 0 aliphatic carbocycles. The highest BCUT2D eigenvalue weighted by atomic mass is 35.5. The molecular weight excluding hydrogens is 368 g/mol. The summed E-state index contributed by atoms with van der Waals surface area (Å²) in [6.07, 6.45) is 0. The molecule has 144 valence electrons. The summed E-state index contributed by atoms with van der Waals surface area (Å²) in [5.41, 5.74) is 1.37. The predicted octanol–water partition coefficient (Wildman–Crippen LogP) is 3.91. The first-order chi connectivity index (χ1) is 12.9. The fourth-order valence-electron chi connectivity index (χ4n) is 2.74. The molecule has 0 aromatic heterocycles. The van der Waals surface area contributed by atoms with Crippen molar-refractivity contribution >= 4 is 29.1 Å². The number of halogens is 1. The van der Waals surface area contributed by atoms with Crippen LogP contribution in [0.5, 0.6) is 11.5 Å². The van der Waals surface area contributed by atoms with Crippen LogP contribution in [0.2, 0.25) is 5.02 Å². The third-order valence-electron chi connectivity index (χ3n) is 4.22. The summed E-state index contributed by atoms with van der Waals surface area (Å²) < 4.78 is 10.4. The van der Waals surface area contributed by atoms with Crippen molar-refractivity contribution in [3.05, 3.63) is 53.1 Å². The molecule has 2 aromatic rings. The van der Waals surface area contributed by atoms with Crippen LogP contribution in [0.4, 0.5) is 5.69 Å². The van der Waals surface area contributed by atoms with Crippen molar-refractivity contribution in [3.63, 3.8) is 0 Å². The molecule has 1 unspecified atom stereocenters. The Morgan fingerprint density at radius 3 is 2.30 bits per heavy atom. The predicted molar refractivity (Wildman–Crippen MR) is 105 cm³/mol. The SMILES string of the molecule is COc1cc(NC(=O)CN(C(C)=O)C(C)c2ccccc2)c(OC)cc1Cl. The van der Waals surface area contributed by atoms with E-state index in [0.29, 0.717) is 22.2 Å². The molecule has 7 heteroatoms. The fourth-order valence-corrected chi connectivity index (χ4v) is 2.97. The van der Waals surface area contributed by atoms with E-state index >= 15 is 0 Å². The highest BCUT2D eigenvalue weighted by Crippen LogP contribution is 2.35. The van der Waals surface area contributed by atoms with Crippen LogP contribution in [-0.4, -0.2) is 37.5 Å². The Labute approximate surface area is 164 Å². The molecule has 27 heavy (non-hydrogen) atoms. The monoisotopic (exact) mass is 390 g/mol. The second-order valence-electron chi connectivity index (χ2n) is 5.97. The summed E-state index contributed by atoms with van der Waals surface area (Å²) in [5, 5.41) is 3.13. The molecular formula is C20H23ClN2O4. The van der Waals surface area contributed by atoms with Crippen LogP contribution in [0, 0.1) is 0 Å². The highest BCUT2D eigenvalue weighted by molar-refractivity contribution is 6.32. The zero-order chi connectivity index (χ0) is 20.0. The number of ether oxygens (including phenoxy) is 2. The average Bonchev–Trinajstić information content (AvgIpc) is 2.67. The van der Waals surface area contributed by atoms with Gasteiger partial charge in [0.15, 0.2) is 0 Å². The van der Waals surface area contributed by atoms with Gasteiger partial charge in [-0.1, -0.05) is 41.9 Å². The number of carbonyl (C=O) groups is 2. The van der Waals surface area contributed by atoms with E-state index in [-0.39, 0.29) is 24.4 Å². The third-order valence-corrected chi connectivity index (χ3v) is 4.51. The molecule has 6 nitrogen and oxygen atoms in total. The summed E-state index contributed by atoms with van der Waals surface area (Å²) >= 11 is 6.08. The van der Waals surface area contributed by atoms with Crippen LogP contribution >= 0.6 is 11.6 Å². The maximum absolute atomic E-state index is 12.6. The van der Waals surface area contributed by atoms with Crippen molar-refractivity contribution in [1.29, 1.82) is 0 Å². The molecule has 0 aliphatic rings. The molecule has 0 bridgehead atoms. The summed E-state index contributed by atoms with van der Waals surface area (Å²) in [7, 11) is 2.96. The van der Waals surface area contributed by atoms with Gasteiger partial charge >= 0.3 is 0 Å². The summed E-state index contributed by atoms with van der Waals surface area (Å²) in [5.74, 6) is 0.270. The van der Waals surface area contributed by atoms with Gasteiger partial charge in [-0.25, -0.2) is 0 Å². The van der Waals surface area contributed by atoms with Gasteiger partial charge in [-0.3, -0.25) is 9.59 Å². The second-order valence-corrected chi connectivity index (χ2v) is 6.38. The first-order valence-corrected chi connectivity index (χ1v) is 8.78. The van der Waals surface area contributed by atoms with Gasteiger partial charge in [-0.15, -0.1) is 0 Å². The minimum Gasteiger partial charge on any atom is -0.495 e. The Hall–Kier alpha value is -2.73. The lowest BCUT2D eigenvalue weighted by Gasteiger charge is -2.28. The lowest BCUT2D eigenvalue weighted by atomic mass is 10.1. The summed E-state index contributed by atoms with van der Waals surface area (Å²) in [6.45, 7) is 3.23. The van der Waals surface area contributed by atoms with Crippen molar-refractivity contribution in [2.45, 2.75) is 19.9 Å². The normalized spacial score (nSPS) is 11.4. The number of carbonyl (C=O) groups excluding carboxylic acids is 2. The molecule has 1 atom stereocenters. The number of amides is 2. The first-order valence-electron chi connectivity index (χ1n) is 8.40. The largest absolute Gasteiger partial charge is 0.495 e. The topological polar surface area (TPSA) is 67.9 Å². The lowest BCUT2D eigenvalue weighted by molar-refractivity contribution is -0.134. The van der Waals surface area contributed by atoms with Gasteiger partial charge in [0, 0.05) is 19.1 Å². The number of hydrogen-bond donors (Lipinski definition) is 1. The number of hydrogen-bond acceptors (Lipinski definition) is 4. The van der Waals surface area contributed by atoms with Crippen LogP contribution in [0.3, 0.4) is 0 Å². The van der Waals surface area contributed by atoms with Crippen molar-refractivity contribution in [2.24, 2.45) is 0 Å². The van der Waals surface area contributed by atoms with Gasteiger partial charge in [-0.05, 0) is 12.5 Å². The molecule has 2 amide bonds. The third kappa shape index (κ3) is 5.14. The Bertz CT molecular complexity index is 811. The fraction of sp³-hybridized carbons (Fsp3) is 0.300. The van der Waals surface area contributed by atoms with Crippen LogP contribution in [-0.2, 0) is 9.59 Å². The van der Waals surface area contributed by atoms with E-state index in [1.54, 1.807) is 12.1 Å². The van der Waals surface area contributed by atoms with Crippen molar-refractivity contribution < 1.29 is 19.1 Å². The number of methoxy groups -OCH3 is 2. The molecule has 0 spiro atoms. The maximum atomic E-state index is 12.6. The number of rotatable bonds is 7. The van der Waals surface area contributed by atoms with E-state index < -0.39 is 0 Å². The average molecular weight is 391 g/mol. The number of nitrogens with one attached hydrogen (secondary N) is 1. The van der Waals surface area contributed by atoms with Gasteiger partial charge in [-0.2, -0.15) is 0 Å². The lowest BCUT2D eigenvalue weighted by Crippen LogP contribution is -2.38. The molecule has 1 N–H and O–H groups in total. The zero-order valence-corrected chi connectivity index (χ0v) is 16.5. The van der Waals surface area contributed by atoms with Crippen LogP contribution in [0.15, 0.2) is 42.5 Å². The Balaban J connectivity index is 2.18. The van der Waals surface area contributed by atoms with Gasteiger partial charge in [0.25, 0.3) is 0 Å². The van der Waals surface area contributed by atoms with E-state index in [1.807, 2.05) is 37.3 Å². The van der Waals surface area contributed by atoms with Crippen molar-refractivity contribution in [3.8, 4) is 11.5 Å². The Morgan fingerprint density at radius 2 is 1.74 bits per heavy atom. The van der Waals surface area contributed by atoms with Crippen molar-refractivity contribution in [1.82, 2.24) is 4.90 Å². The standard InChI is InChI=1S/C20H23ClN2O4/c1-13(15-8-6-5-7-9-15)23(14(2)24)12-20(25)22-17-11-18(26-3)16(21)10-19(17)27-4/h5-11,13H,12H2,1-4H3,(H,22,25). The van der Waals surface area contributed by atoms with Gasteiger partial charge in [0.2, 0.25) is 11.8 Å². The number of benzene rings is 2. The van der Waals surface area contributed by atoms with Crippen LogP contribution < -0.4 is 14.8 Å². The quantitative estimate of drug-likeness (QED) is 0.778. The maximum Gasteiger partial charge on any atom is 0.244 e. The highest BCUT2D eigenvalue weighted by Gasteiger charge is 2.22. The van der Waals surface area contributed by atoms with E-state index in [4.69, 9.17) is 21.1 Å². The summed E-state index contributed by atoms with van der Waals surface area (Å²) in [6, 6.07) is 12.4. The minimum absolute atomic E-state index is 0.0977. The Morgan fingerprint density at radius 1 is 1.11 bits per heavy atom. The second kappa shape index (κ2) is 9.28. The van der Waals surface area contributed by atoms with E-state index in [9.17, 15) is 9.59 Å². The smallest absolute Gasteiger partial charge is 0.244 e. The molecule has 0 fully saturated rings.